The van der Waals surface area contributed by atoms with Crippen molar-refractivity contribution in [2.24, 2.45) is 0 Å². The average Bonchev–Trinajstić information content (AvgIpc) is 1.89. The number of nitriles is 1. The van der Waals surface area contributed by atoms with Crippen LogP contribution in [0, 0.1) is 11.3 Å². The zero-order valence-corrected chi connectivity index (χ0v) is 6.46. The molecule has 0 aliphatic rings. The van der Waals surface area contributed by atoms with Gasteiger partial charge in [-0.05, 0) is 6.92 Å². The largest absolute Gasteiger partial charge is 0.382 e. The monoisotopic (exact) mass is 143 g/mol. The fourth-order valence-electron chi connectivity index (χ4n) is 0.589. The van der Waals surface area contributed by atoms with Crippen molar-refractivity contribution in [2.75, 3.05) is 20.3 Å². The van der Waals surface area contributed by atoms with E-state index in [1.54, 1.807) is 7.11 Å². The Morgan fingerprint density at radius 2 is 2.30 bits per heavy atom. The first-order valence-electron chi connectivity index (χ1n) is 3.28. The van der Waals surface area contributed by atoms with Crippen LogP contribution in [0.25, 0.3) is 0 Å². The number of hydrogen-bond donors (Lipinski definition) is 0. The van der Waals surface area contributed by atoms with Crippen LogP contribution in [0.15, 0.2) is 0 Å². The van der Waals surface area contributed by atoms with Crippen molar-refractivity contribution in [3.05, 3.63) is 0 Å². The summed E-state index contributed by atoms with van der Waals surface area (Å²) < 4.78 is 10.0. The molecule has 1 unspecified atom stereocenters. The highest BCUT2D eigenvalue weighted by Gasteiger charge is 1.98. The van der Waals surface area contributed by atoms with Crippen LogP contribution >= 0.6 is 0 Å². The second-order valence-electron chi connectivity index (χ2n) is 2.04. The summed E-state index contributed by atoms with van der Waals surface area (Å²) in [6.45, 7) is 3.01. The average molecular weight is 143 g/mol. The third-order valence-electron chi connectivity index (χ3n) is 1.02. The van der Waals surface area contributed by atoms with Crippen molar-refractivity contribution in [1.82, 2.24) is 0 Å². The molecule has 0 bridgehead atoms. The van der Waals surface area contributed by atoms with Crippen molar-refractivity contribution in [1.29, 1.82) is 5.26 Å². The molecule has 0 aromatic rings. The van der Waals surface area contributed by atoms with Crippen LogP contribution in [0.1, 0.15) is 13.3 Å². The van der Waals surface area contributed by atoms with E-state index in [1.165, 1.54) is 0 Å². The van der Waals surface area contributed by atoms with E-state index < -0.39 is 0 Å². The summed E-state index contributed by atoms with van der Waals surface area (Å²) in [7, 11) is 1.63. The van der Waals surface area contributed by atoms with Crippen LogP contribution < -0.4 is 0 Å². The van der Waals surface area contributed by atoms with E-state index in [2.05, 4.69) is 0 Å². The minimum absolute atomic E-state index is 0.0957. The predicted octanol–water partition coefficient (Wildman–Crippen LogP) is 0.952. The highest BCUT2D eigenvalue weighted by Crippen LogP contribution is 1.91. The molecule has 0 spiro atoms. The Balaban J connectivity index is 3.06. The SMILES string of the molecule is COCC(C)OCCC#N. The molecule has 0 rings (SSSR count). The summed E-state index contributed by atoms with van der Waals surface area (Å²) in [6.07, 6.45) is 0.548. The molecule has 0 aliphatic carbocycles. The molecular formula is C7H13NO2. The van der Waals surface area contributed by atoms with E-state index in [0.29, 0.717) is 19.6 Å². The molecule has 0 aromatic heterocycles. The summed E-state index contributed by atoms with van der Waals surface area (Å²) in [4.78, 5) is 0. The molecule has 0 heterocycles. The van der Waals surface area contributed by atoms with Crippen molar-refractivity contribution < 1.29 is 9.47 Å². The van der Waals surface area contributed by atoms with E-state index in [-0.39, 0.29) is 6.10 Å². The first kappa shape index (κ1) is 9.41. The molecule has 0 aliphatic heterocycles. The molecule has 58 valence electrons. The second kappa shape index (κ2) is 6.53. The third kappa shape index (κ3) is 5.54. The fraction of sp³-hybridized carbons (Fsp3) is 0.857. The van der Waals surface area contributed by atoms with E-state index in [4.69, 9.17) is 14.7 Å². The zero-order chi connectivity index (χ0) is 7.82. The summed E-state index contributed by atoms with van der Waals surface area (Å²) >= 11 is 0. The molecule has 10 heavy (non-hydrogen) atoms. The lowest BCUT2D eigenvalue weighted by atomic mass is 10.4. The predicted molar refractivity (Wildman–Crippen MR) is 37.5 cm³/mol. The highest BCUT2D eigenvalue weighted by molar-refractivity contribution is 4.67. The summed E-state index contributed by atoms with van der Waals surface area (Å²) in [5.41, 5.74) is 0. The van der Waals surface area contributed by atoms with Crippen LogP contribution in [0.5, 0.6) is 0 Å². The van der Waals surface area contributed by atoms with Gasteiger partial charge in [-0.15, -0.1) is 0 Å². The van der Waals surface area contributed by atoms with Gasteiger partial charge in [0.1, 0.15) is 0 Å². The molecule has 3 nitrogen and oxygen atoms in total. The lowest BCUT2D eigenvalue weighted by Crippen LogP contribution is -2.15. The Morgan fingerprint density at radius 1 is 1.60 bits per heavy atom. The molecule has 0 saturated carbocycles. The summed E-state index contributed by atoms with van der Waals surface area (Å²) in [6, 6.07) is 2.00. The topological polar surface area (TPSA) is 42.2 Å². The minimum Gasteiger partial charge on any atom is -0.382 e. The van der Waals surface area contributed by atoms with Crippen molar-refractivity contribution in [3.63, 3.8) is 0 Å². The standard InChI is InChI=1S/C7H13NO2/c1-7(6-9-2)10-5-3-4-8/h7H,3,5-6H2,1-2H3. The van der Waals surface area contributed by atoms with Gasteiger partial charge in [0.05, 0.1) is 31.8 Å². The first-order chi connectivity index (χ1) is 4.81. The second-order valence-corrected chi connectivity index (χ2v) is 2.04. The Labute approximate surface area is 61.5 Å². The number of hydrogen-bond acceptors (Lipinski definition) is 3. The Morgan fingerprint density at radius 3 is 2.80 bits per heavy atom. The van der Waals surface area contributed by atoms with Gasteiger partial charge in [-0.3, -0.25) is 0 Å². The van der Waals surface area contributed by atoms with E-state index in [1.807, 2.05) is 13.0 Å². The molecule has 0 N–H and O–H groups in total. The van der Waals surface area contributed by atoms with Crippen LogP contribution in [0.3, 0.4) is 0 Å². The molecule has 0 amide bonds. The fourth-order valence-corrected chi connectivity index (χ4v) is 0.589. The molecule has 1 atom stereocenters. The van der Waals surface area contributed by atoms with E-state index >= 15 is 0 Å². The maximum absolute atomic E-state index is 8.15. The van der Waals surface area contributed by atoms with Crippen LogP contribution in [-0.2, 0) is 9.47 Å². The number of rotatable bonds is 5. The Kier molecular flexibility index (Phi) is 6.14. The quantitative estimate of drug-likeness (QED) is 0.538. The highest BCUT2D eigenvalue weighted by atomic mass is 16.5. The summed E-state index contributed by atoms with van der Waals surface area (Å²) in [5.74, 6) is 0. The van der Waals surface area contributed by atoms with Gasteiger partial charge in [0.25, 0.3) is 0 Å². The van der Waals surface area contributed by atoms with Gasteiger partial charge in [-0.1, -0.05) is 0 Å². The molecule has 0 radical (unpaired) electrons. The normalized spacial score (nSPS) is 12.5. The lowest BCUT2D eigenvalue weighted by Gasteiger charge is -2.09. The van der Waals surface area contributed by atoms with Crippen LogP contribution in [-0.4, -0.2) is 26.4 Å². The van der Waals surface area contributed by atoms with Gasteiger partial charge in [0, 0.05) is 7.11 Å². The van der Waals surface area contributed by atoms with Gasteiger partial charge in [-0.2, -0.15) is 5.26 Å². The van der Waals surface area contributed by atoms with Crippen molar-refractivity contribution in [2.45, 2.75) is 19.4 Å². The lowest BCUT2D eigenvalue weighted by molar-refractivity contribution is 0.0118. The molecular weight excluding hydrogens is 130 g/mol. The molecule has 0 saturated heterocycles. The first-order valence-corrected chi connectivity index (χ1v) is 3.28. The number of nitrogens with zero attached hydrogens (tertiary/aromatic N) is 1. The van der Waals surface area contributed by atoms with Crippen LogP contribution in [0.4, 0.5) is 0 Å². The van der Waals surface area contributed by atoms with E-state index in [0.717, 1.165) is 0 Å². The summed E-state index contributed by atoms with van der Waals surface area (Å²) in [5, 5.41) is 8.15. The van der Waals surface area contributed by atoms with Crippen LogP contribution in [0.2, 0.25) is 0 Å². The molecule has 3 heteroatoms. The van der Waals surface area contributed by atoms with Crippen molar-refractivity contribution in [3.8, 4) is 6.07 Å². The molecule has 0 fully saturated rings. The Hall–Kier alpha value is -0.590. The smallest absolute Gasteiger partial charge is 0.0780 e. The van der Waals surface area contributed by atoms with Gasteiger partial charge >= 0.3 is 0 Å². The zero-order valence-electron chi connectivity index (χ0n) is 6.46. The van der Waals surface area contributed by atoms with E-state index in [9.17, 15) is 0 Å². The van der Waals surface area contributed by atoms with Gasteiger partial charge in [-0.25, -0.2) is 0 Å². The van der Waals surface area contributed by atoms with Crippen molar-refractivity contribution >= 4 is 0 Å². The third-order valence-corrected chi connectivity index (χ3v) is 1.02. The number of methoxy groups -OCH3 is 1. The Bertz CT molecular complexity index is 109. The minimum atomic E-state index is 0.0957. The number of ether oxygens (including phenoxy) is 2. The maximum atomic E-state index is 8.15. The van der Waals surface area contributed by atoms with Gasteiger partial charge in [0.2, 0.25) is 0 Å². The molecule has 0 aromatic carbocycles. The van der Waals surface area contributed by atoms with Gasteiger partial charge in [0.15, 0.2) is 0 Å². The van der Waals surface area contributed by atoms with Gasteiger partial charge < -0.3 is 9.47 Å². The maximum Gasteiger partial charge on any atom is 0.0780 e.